The highest BCUT2D eigenvalue weighted by Gasteiger charge is 2.41. The molecular weight excluding hydrogens is 204 g/mol. The number of anilines is 1. The number of benzene rings is 1. The van der Waals surface area contributed by atoms with Crippen LogP contribution in [0.5, 0.6) is 0 Å². The third kappa shape index (κ3) is 1.76. The lowest BCUT2D eigenvalue weighted by atomic mass is 9.92. The van der Waals surface area contributed by atoms with E-state index in [1.54, 1.807) is 11.9 Å². The number of amides is 1. The van der Waals surface area contributed by atoms with Crippen molar-refractivity contribution in [3.63, 3.8) is 0 Å². The second kappa shape index (κ2) is 3.79. The second-order valence-corrected chi connectivity index (χ2v) is 4.58. The molecule has 16 heavy (non-hydrogen) atoms. The average Bonchev–Trinajstić information content (AvgIpc) is 2.57. The van der Waals surface area contributed by atoms with Crippen molar-refractivity contribution in [1.82, 2.24) is 5.43 Å². The number of nitrogens with one attached hydrogen (secondary N) is 1. The van der Waals surface area contributed by atoms with Gasteiger partial charge in [0, 0.05) is 0 Å². The molecule has 1 aliphatic rings. The molecule has 1 aromatic carbocycles. The first-order valence-electron chi connectivity index (χ1n) is 5.31. The Kier molecular flexibility index (Phi) is 2.59. The van der Waals surface area contributed by atoms with Crippen molar-refractivity contribution in [3.8, 4) is 0 Å². The molecule has 4 heteroatoms. The molecular formula is C12H16N2O2. The highest BCUT2D eigenvalue weighted by molar-refractivity contribution is 5.87. The van der Waals surface area contributed by atoms with Gasteiger partial charge >= 0.3 is 0 Å². The van der Waals surface area contributed by atoms with Crippen LogP contribution in [0.3, 0.4) is 0 Å². The van der Waals surface area contributed by atoms with Gasteiger partial charge in [0.1, 0.15) is 0 Å². The summed E-state index contributed by atoms with van der Waals surface area (Å²) in [7, 11) is 0. The van der Waals surface area contributed by atoms with E-state index < -0.39 is 5.41 Å². The van der Waals surface area contributed by atoms with Crippen LogP contribution >= 0.6 is 0 Å². The van der Waals surface area contributed by atoms with Gasteiger partial charge in [0.25, 0.3) is 0 Å². The molecule has 2 N–H and O–H groups in total. The minimum atomic E-state index is -0.703. The number of hydrogen-bond donors (Lipinski definition) is 2. The fourth-order valence-corrected chi connectivity index (χ4v) is 1.72. The summed E-state index contributed by atoms with van der Waals surface area (Å²) in [6, 6.07) is 7.91. The van der Waals surface area contributed by atoms with Gasteiger partial charge in [-0.1, -0.05) is 17.7 Å². The van der Waals surface area contributed by atoms with Gasteiger partial charge in [-0.15, -0.1) is 0 Å². The average molecular weight is 220 g/mol. The highest BCUT2D eigenvalue weighted by atomic mass is 16.3. The molecule has 1 heterocycles. The van der Waals surface area contributed by atoms with Gasteiger partial charge in [-0.2, -0.15) is 0 Å². The number of nitrogens with zero attached hydrogens (tertiary/aromatic N) is 1. The first-order chi connectivity index (χ1) is 7.55. The Morgan fingerprint density at radius 1 is 1.44 bits per heavy atom. The minimum Gasteiger partial charge on any atom is -0.395 e. The Morgan fingerprint density at radius 3 is 2.56 bits per heavy atom. The molecule has 0 spiro atoms. The summed E-state index contributed by atoms with van der Waals surface area (Å²) >= 11 is 0. The summed E-state index contributed by atoms with van der Waals surface area (Å²) in [5.41, 5.74) is 4.18. The van der Waals surface area contributed by atoms with E-state index in [2.05, 4.69) is 5.43 Å². The SMILES string of the molecule is Cc1ccc(N2CC(C)(CO)C(=O)N2)cc1. The molecule has 0 bridgehead atoms. The lowest BCUT2D eigenvalue weighted by molar-refractivity contribution is -0.128. The number of aliphatic hydroxyl groups excluding tert-OH is 1. The van der Waals surface area contributed by atoms with Gasteiger partial charge in [-0.05, 0) is 26.0 Å². The van der Waals surface area contributed by atoms with Gasteiger partial charge in [0.05, 0.1) is 24.3 Å². The molecule has 2 rings (SSSR count). The predicted octanol–water partition coefficient (Wildman–Crippen LogP) is 0.845. The Bertz CT molecular complexity index is 402. The van der Waals surface area contributed by atoms with Gasteiger partial charge in [-0.25, -0.2) is 0 Å². The molecule has 0 saturated carbocycles. The van der Waals surface area contributed by atoms with Crippen molar-refractivity contribution in [2.75, 3.05) is 18.2 Å². The summed E-state index contributed by atoms with van der Waals surface area (Å²) < 4.78 is 0. The van der Waals surface area contributed by atoms with Crippen molar-refractivity contribution in [2.24, 2.45) is 5.41 Å². The van der Waals surface area contributed by atoms with Gasteiger partial charge in [0.15, 0.2) is 0 Å². The van der Waals surface area contributed by atoms with E-state index in [4.69, 9.17) is 0 Å². The number of hydrazine groups is 1. The fraction of sp³-hybridized carbons (Fsp3) is 0.417. The lowest BCUT2D eigenvalue weighted by Gasteiger charge is -2.19. The largest absolute Gasteiger partial charge is 0.395 e. The first-order valence-corrected chi connectivity index (χ1v) is 5.31. The van der Waals surface area contributed by atoms with Gasteiger partial charge in [-0.3, -0.25) is 15.2 Å². The van der Waals surface area contributed by atoms with Crippen molar-refractivity contribution >= 4 is 11.6 Å². The van der Waals surface area contributed by atoms with Crippen LogP contribution in [0.4, 0.5) is 5.69 Å². The third-order valence-corrected chi connectivity index (χ3v) is 2.99. The van der Waals surface area contributed by atoms with Crippen LogP contribution in [-0.2, 0) is 4.79 Å². The summed E-state index contributed by atoms with van der Waals surface area (Å²) in [5.74, 6) is -0.129. The molecule has 86 valence electrons. The number of aryl methyl sites for hydroxylation is 1. The molecule has 0 aromatic heterocycles. The third-order valence-electron chi connectivity index (χ3n) is 2.99. The van der Waals surface area contributed by atoms with Crippen molar-refractivity contribution in [3.05, 3.63) is 29.8 Å². The molecule has 0 aliphatic carbocycles. The molecule has 1 atom stereocenters. The van der Waals surface area contributed by atoms with Crippen molar-refractivity contribution < 1.29 is 9.90 Å². The molecule has 1 fully saturated rings. The number of rotatable bonds is 2. The van der Waals surface area contributed by atoms with E-state index in [1.165, 1.54) is 5.56 Å². The summed E-state index contributed by atoms with van der Waals surface area (Å²) in [6.07, 6.45) is 0. The van der Waals surface area contributed by atoms with Crippen LogP contribution < -0.4 is 10.4 Å². The van der Waals surface area contributed by atoms with E-state index in [1.807, 2.05) is 31.2 Å². The van der Waals surface area contributed by atoms with Gasteiger partial charge < -0.3 is 5.11 Å². The molecule has 1 saturated heterocycles. The van der Waals surface area contributed by atoms with Crippen molar-refractivity contribution in [2.45, 2.75) is 13.8 Å². The Balaban J connectivity index is 2.20. The Labute approximate surface area is 94.9 Å². The number of hydrogen-bond acceptors (Lipinski definition) is 3. The van der Waals surface area contributed by atoms with E-state index in [0.717, 1.165) is 5.69 Å². The predicted molar refractivity (Wildman–Crippen MR) is 61.9 cm³/mol. The maximum Gasteiger partial charge on any atom is 0.248 e. The molecule has 1 aliphatic heterocycles. The van der Waals surface area contributed by atoms with Crippen LogP contribution in [0.25, 0.3) is 0 Å². The number of carbonyl (C=O) groups excluding carboxylic acids is 1. The maximum absolute atomic E-state index is 11.7. The summed E-state index contributed by atoms with van der Waals surface area (Å²) in [6.45, 7) is 4.13. The van der Waals surface area contributed by atoms with Crippen LogP contribution in [0, 0.1) is 12.3 Å². The molecule has 1 unspecified atom stereocenters. The first kappa shape index (κ1) is 11.0. The molecule has 0 radical (unpaired) electrons. The number of aliphatic hydroxyl groups is 1. The fourth-order valence-electron chi connectivity index (χ4n) is 1.72. The zero-order valence-electron chi connectivity index (χ0n) is 9.53. The van der Waals surface area contributed by atoms with Gasteiger partial charge in [0.2, 0.25) is 5.91 Å². The van der Waals surface area contributed by atoms with Crippen LogP contribution in [-0.4, -0.2) is 24.2 Å². The quantitative estimate of drug-likeness (QED) is 0.776. The zero-order valence-corrected chi connectivity index (χ0v) is 9.53. The molecule has 4 nitrogen and oxygen atoms in total. The minimum absolute atomic E-state index is 0.129. The van der Waals surface area contributed by atoms with Crippen LogP contribution in [0.1, 0.15) is 12.5 Å². The van der Waals surface area contributed by atoms with E-state index in [9.17, 15) is 9.90 Å². The molecule has 1 aromatic rings. The van der Waals surface area contributed by atoms with Crippen LogP contribution in [0.15, 0.2) is 24.3 Å². The van der Waals surface area contributed by atoms with E-state index >= 15 is 0 Å². The summed E-state index contributed by atoms with van der Waals surface area (Å²) in [5, 5.41) is 11.0. The van der Waals surface area contributed by atoms with Crippen molar-refractivity contribution in [1.29, 1.82) is 0 Å². The molecule has 1 amide bonds. The smallest absolute Gasteiger partial charge is 0.248 e. The highest BCUT2D eigenvalue weighted by Crippen LogP contribution is 2.27. The van der Waals surface area contributed by atoms with E-state index in [-0.39, 0.29) is 12.5 Å². The monoisotopic (exact) mass is 220 g/mol. The zero-order chi connectivity index (χ0) is 11.8. The Hall–Kier alpha value is -1.55. The lowest BCUT2D eigenvalue weighted by Crippen LogP contribution is -2.34. The second-order valence-electron chi connectivity index (χ2n) is 4.58. The van der Waals surface area contributed by atoms with Crippen LogP contribution in [0.2, 0.25) is 0 Å². The Morgan fingerprint density at radius 2 is 2.06 bits per heavy atom. The number of carbonyl (C=O) groups is 1. The standard InChI is InChI=1S/C12H16N2O2/c1-9-3-5-10(6-4-9)14-7-12(2,8-15)11(16)13-14/h3-6,15H,7-8H2,1-2H3,(H,13,16). The summed E-state index contributed by atoms with van der Waals surface area (Å²) in [4.78, 5) is 11.7. The maximum atomic E-state index is 11.7. The van der Waals surface area contributed by atoms with E-state index in [0.29, 0.717) is 6.54 Å². The normalized spacial score (nSPS) is 24.7. The topological polar surface area (TPSA) is 52.6 Å².